The predicted octanol–water partition coefficient (Wildman–Crippen LogP) is 0.425. The van der Waals surface area contributed by atoms with Crippen molar-refractivity contribution >= 4 is 26.6 Å². The molecule has 0 radical (unpaired) electrons. The molecular formula is C3H6ClN2OP. The number of hydrogen-bond donors (Lipinski definition) is 0. The van der Waals surface area contributed by atoms with Gasteiger partial charge < -0.3 is 4.52 Å². The summed E-state index contributed by atoms with van der Waals surface area (Å²) in [5.74, 6) is 0. The molecule has 0 spiro atoms. The van der Waals surface area contributed by atoms with Gasteiger partial charge in [0.15, 0.2) is 5.57 Å². The van der Waals surface area contributed by atoms with Crippen LogP contribution >= 0.6 is 21.0 Å². The zero-order valence-electron chi connectivity index (χ0n) is 4.29. The van der Waals surface area contributed by atoms with Crippen molar-refractivity contribution in [2.24, 2.45) is 0 Å². The molecule has 0 aliphatic carbocycles. The van der Waals surface area contributed by atoms with Gasteiger partial charge in [0, 0.05) is 0 Å². The SMILES string of the molecule is CPc1ncon1.Cl. The molecule has 0 fully saturated rings. The third-order valence-electron chi connectivity index (χ3n) is 0.585. The molecule has 1 aromatic heterocycles. The summed E-state index contributed by atoms with van der Waals surface area (Å²) < 4.78 is 4.45. The van der Waals surface area contributed by atoms with E-state index in [1.165, 1.54) is 6.39 Å². The summed E-state index contributed by atoms with van der Waals surface area (Å²) in [4.78, 5) is 3.77. The van der Waals surface area contributed by atoms with Crippen molar-refractivity contribution in [3.63, 3.8) is 0 Å². The summed E-state index contributed by atoms with van der Waals surface area (Å²) in [6.45, 7) is 2.00. The number of hydrogen-bond acceptors (Lipinski definition) is 3. The molecule has 1 heterocycles. The van der Waals surface area contributed by atoms with Gasteiger partial charge in [-0.3, -0.25) is 0 Å². The lowest BCUT2D eigenvalue weighted by Crippen LogP contribution is -1.95. The maximum absolute atomic E-state index is 4.45. The lowest BCUT2D eigenvalue weighted by atomic mass is 11.3. The van der Waals surface area contributed by atoms with Crippen LogP contribution in [0.5, 0.6) is 0 Å². The first-order valence-corrected chi connectivity index (χ1v) is 3.37. The van der Waals surface area contributed by atoms with Crippen molar-refractivity contribution in [3.05, 3.63) is 6.39 Å². The molecule has 0 N–H and O–H groups in total. The topological polar surface area (TPSA) is 38.9 Å². The Morgan fingerprint density at radius 3 is 2.75 bits per heavy atom. The van der Waals surface area contributed by atoms with Crippen LogP contribution in [0.4, 0.5) is 0 Å². The van der Waals surface area contributed by atoms with E-state index < -0.39 is 0 Å². The van der Waals surface area contributed by atoms with E-state index >= 15 is 0 Å². The van der Waals surface area contributed by atoms with E-state index in [-0.39, 0.29) is 12.4 Å². The second-order valence-electron chi connectivity index (χ2n) is 1.00. The first-order chi connectivity index (χ1) is 3.43. The number of rotatable bonds is 1. The third kappa shape index (κ3) is 1.76. The summed E-state index contributed by atoms with van der Waals surface area (Å²) in [7, 11) is 0.639. The van der Waals surface area contributed by atoms with Gasteiger partial charge in [-0.15, -0.1) is 12.4 Å². The largest absolute Gasteiger partial charge is 0.342 e. The van der Waals surface area contributed by atoms with E-state index in [0.29, 0.717) is 8.58 Å². The lowest BCUT2D eigenvalue weighted by Gasteiger charge is -1.73. The molecule has 1 rings (SSSR count). The fraction of sp³-hybridized carbons (Fsp3) is 0.333. The molecule has 3 nitrogen and oxygen atoms in total. The monoisotopic (exact) mass is 152 g/mol. The summed E-state index contributed by atoms with van der Waals surface area (Å²) in [6.07, 6.45) is 1.34. The van der Waals surface area contributed by atoms with Crippen LogP contribution in [0.2, 0.25) is 0 Å². The van der Waals surface area contributed by atoms with Crippen molar-refractivity contribution in [2.75, 3.05) is 6.66 Å². The van der Waals surface area contributed by atoms with Gasteiger partial charge in [-0.2, -0.15) is 4.98 Å². The molecule has 1 atom stereocenters. The molecule has 0 aliphatic heterocycles. The van der Waals surface area contributed by atoms with E-state index in [2.05, 4.69) is 14.7 Å². The normalized spacial score (nSPS) is 9.62. The van der Waals surface area contributed by atoms with Crippen molar-refractivity contribution in [1.82, 2.24) is 10.1 Å². The van der Waals surface area contributed by atoms with Gasteiger partial charge in [0.1, 0.15) is 0 Å². The fourth-order valence-corrected chi connectivity index (χ4v) is 0.607. The van der Waals surface area contributed by atoms with Crippen LogP contribution in [0.25, 0.3) is 0 Å². The molecule has 0 aliphatic rings. The van der Waals surface area contributed by atoms with Crippen molar-refractivity contribution in [3.8, 4) is 0 Å². The summed E-state index contributed by atoms with van der Waals surface area (Å²) in [6, 6.07) is 0. The minimum absolute atomic E-state index is 0. The smallest absolute Gasteiger partial charge is 0.214 e. The first-order valence-electron chi connectivity index (χ1n) is 1.87. The minimum Gasteiger partial charge on any atom is -0.342 e. The molecule has 8 heavy (non-hydrogen) atoms. The van der Waals surface area contributed by atoms with Crippen LogP contribution in [0, 0.1) is 0 Å². The maximum atomic E-state index is 4.45. The van der Waals surface area contributed by atoms with Crippen LogP contribution in [-0.4, -0.2) is 16.8 Å². The van der Waals surface area contributed by atoms with Crippen molar-refractivity contribution in [1.29, 1.82) is 0 Å². The Bertz CT molecular complexity index is 132. The second-order valence-corrected chi connectivity index (χ2v) is 1.95. The van der Waals surface area contributed by atoms with Crippen LogP contribution in [-0.2, 0) is 0 Å². The van der Waals surface area contributed by atoms with E-state index in [9.17, 15) is 0 Å². The van der Waals surface area contributed by atoms with Crippen LogP contribution in [0.1, 0.15) is 0 Å². The van der Waals surface area contributed by atoms with Crippen LogP contribution in [0.15, 0.2) is 10.9 Å². The molecule has 0 amide bonds. The van der Waals surface area contributed by atoms with Gasteiger partial charge in [-0.05, 0) is 15.2 Å². The third-order valence-corrected chi connectivity index (χ3v) is 1.25. The quantitative estimate of drug-likeness (QED) is 0.548. The zero-order chi connectivity index (χ0) is 5.11. The van der Waals surface area contributed by atoms with E-state index in [1.807, 2.05) is 6.66 Å². The second kappa shape index (κ2) is 3.81. The average Bonchev–Trinajstić information content (AvgIpc) is 2.14. The highest BCUT2D eigenvalue weighted by Crippen LogP contribution is 1.94. The molecular weight excluding hydrogens is 146 g/mol. The molecule has 46 valence electrons. The Hall–Kier alpha value is -0.140. The molecule has 5 heteroatoms. The lowest BCUT2D eigenvalue weighted by molar-refractivity contribution is 0.421. The zero-order valence-corrected chi connectivity index (χ0v) is 6.10. The summed E-state index contributed by atoms with van der Waals surface area (Å²) in [5.41, 5.74) is 0.792. The average molecular weight is 153 g/mol. The van der Waals surface area contributed by atoms with Crippen molar-refractivity contribution < 1.29 is 4.52 Å². The van der Waals surface area contributed by atoms with Crippen LogP contribution in [0.3, 0.4) is 0 Å². The van der Waals surface area contributed by atoms with Gasteiger partial charge >= 0.3 is 0 Å². The van der Waals surface area contributed by atoms with Gasteiger partial charge in [0.25, 0.3) is 0 Å². The Morgan fingerprint density at radius 1 is 1.75 bits per heavy atom. The number of aromatic nitrogens is 2. The molecule has 0 aromatic carbocycles. The van der Waals surface area contributed by atoms with E-state index in [1.54, 1.807) is 0 Å². The molecule has 1 unspecified atom stereocenters. The molecule has 1 aromatic rings. The Kier molecular flexibility index (Phi) is 3.75. The molecule has 0 saturated carbocycles. The first kappa shape index (κ1) is 7.86. The van der Waals surface area contributed by atoms with E-state index in [4.69, 9.17) is 0 Å². The maximum Gasteiger partial charge on any atom is 0.214 e. The van der Waals surface area contributed by atoms with Gasteiger partial charge in [-0.1, -0.05) is 5.16 Å². The molecule has 0 saturated heterocycles. The summed E-state index contributed by atoms with van der Waals surface area (Å²) >= 11 is 0. The Balaban J connectivity index is 0.000000490. The van der Waals surface area contributed by atoms with Gasteiger partial charge in [0.05, 0.1) is 0 Å². The standard InChI is InChI=1S/C3H5N2OP.ClH/c1-7-3-4-2-6-5-3;/h2,7H,1H3;1H. The Morgan fingerprint density at radius 2 is 2.50 bits per heavy atom. The highest BCUT2D eigenvalue weighted by atomic mass is 35.5. The highest BCUT2D eigenvalue weighted by molar-refractivity contribution is 7.45. The highest BCUT2D eigenvalue weighted by Gasteiger charge is 1.87. The van der Waals surface area contributed by atoms with Crippen LogP contribution < -0.4 is 5.57 Å². The van der Waals surface area contributed by atoms with Gasteiger partial charge in [-0.25, -0.2) is 0 Å². The van der Waals surface area contributed by atoms with E-state index in [0.717, 1.165) is 5.57 Å². The number of nitrogens with zero attached hydrogens (tertiary/aromatic N) is 2. The minimum atomic E-state index is 0. The Labute approximate surface area is 55.0 Å². The number of halogens is 1. The fourth-order valence-electron chi connectivity index (χ4n) is 0.281. The summed E-state index contributed by atoms with van der Waals surface area (Å²) in [5, 5.41) is 3.56. The molecule has 0 bridgehead atoms. The predicted molar refractivity (Wildman–Crippen MR) is 35.4 cm³/mol. The van der Waals surface area contributed by atoms with Gasteiger partial charge in [0.2, 0.25) is 6.39 Å². The van der Waals surface area contributed by atoms with Crippen molar-refractivity contribution in [2.45, 2.75) is 0 Å².